The first-order chi connectivity index (χ1) is 14.9. The SMILES string of the molecule is CC(=O)N1C2CCC1CN([C@H]1CCC[C@@H](NC(=O)C3CC4C(F)CCC(C)C4N3)C1)C2. The molecule has 3 heterocycles. The highest BCUT2D eigenvalue weighted by Gasteiger charge is 2.47. The van der Waals surface area contributed by atoms with E-state index in [1.165, 1.54) is 6.42 Å². The normalized spacial score (nSPS) is 45.4. The summed E-state index contributed by atoms with van der Waals surface area (Å²) in [7, 11) is 0. The number of carbonyl (C=O) groups is 2. The van der Waals surface area contributed by atoms with E-state index in [1.807, 2.05) is 0 Å². The van der Waals surface area contributed by atoms with Crippen LogP contribution in [0.1, 0.15) is 71.6 Å². The second kappa shape index (κ2) is 8.62. The number of hydrogen-bond donors (Lipinski definition) is 2. The van der Waals surface area contributed by atoms with Gasteiger partial charge in [0, 0.05) is 56.1 Å². The van der Waals surface area contributed by atoms with Crippen molar-refractivity contribution in [2.75, 3.05) is 13.1 Å². The molecule has 2 bridgehead atoms. The summed E-state index contributed by atoms with van der Waals surface area (Å²) >= 11 is 0. The quantitative estimate of drug-likeness (QED) is 0.715. The molecule has 0 aromatic rings. The molecule has 6 nitrogen and oxygen atoms in total. The standard InChI is InChI=1S/C24H39FN4O2/c1-14-6-9-21(25)20-11-22(27-23(14)20)24(31)26-16-4-3-5-17(10-16)28-12-18-7-8-19(13-28)29(18)15(2)30/h14,16-23,27H,3-13H2,1-2H3,(H,26,31)/t14?,16-,17+,18?,19?,20?,21?,22?,23?/m1/s1. The molecule has 2 saturated carbocycles. The van der Waals surface area contributed by atoms with Gasteiger partial charge in [0.1, 0.15) is 6.17 Å². The molecule has 2 aliphatic carbocycles. The van der Waals surface area contributed by atoms with Gasteiger partial charge in [-0.05, 0) is 63.7 Å². The fourth-order valence-electron chi connectivity index (χ4n) is 7.48. The Labute approximate surface area is 185 Å². The van der Waals surface area contributed by atoms with Gasteiger partial charge in [-0.25, -0.2) is 4.39 Å². The number of rotatable bonds is 3. The average molecular weight is 435 g/mol. The molecular formula is C24H39FN4O2. The number of fused-ring (bicyclic) bond motifs is 3. The molecule has 3 aliphatic heterocycles. The van der Waals surface area contributed by atoms with E-state index in [9.17, 15) is 14.0 Å². The first-order valence-electron chi connectivity index (χ1n) is 12.6. The molecule has 5 rings (SSSR count). The molecule has 5 aliphatic rings. The molecule has 5 fully saturated rings. The zero-order valence-electron chi connectivity index (χ0n) is 19.1. The van der Waals surface area contributed by atoms with Gasteiger partial charge >= 0.3 is 0 Å². The largest absolute Gasteiger partial charge is 0.352 e. The fourth-order valence-corrected chi connectivity index (χ4v) is 7.48. The van der Waals surface area contributed by atoms with Crippen LogP contribution < -0.4 is 10.6 Å². The summed E-state index contributed by atoms with van der Waals surface area (Å²) in [4.78, 5) is 29.7. The van der Waals surface area contributed by atoms with Crippen molar-refractivity contribution in [3.8, 4) is 0 Å². The van der Waals surface area contributed by atoms with Crippen molar-refractivity contribution in [2.45, 2.75) is 114 Å². The molecule has 2 N–H and O–H groups in total. The van der Waals surface area contributed by atoms with Gasteiger partial charge in [0.15, 0.2) is 0 Å². The zero-order valence-corrected chi connectivity index (χ0v) is 19.1. The summed E-state index contributed by atoms with van der Waals surface area (Å²) in [5, 5.41) is 6.79. The van der Waals surface area contributed by atoms with Gasteiger partial charge < -0.3 is 15.5 Å². The monoisotopic (exact) mass is 434 g/mol. The van der Waals surface area contributed by atoms with Crippen molar-refractivity contribution >= 4 is 11.8 Å². The van der Waals surface area contributed by atoms with Crippen LogP contribution in [0, 0.1) is 11.8 Å². The fraction of sp³-hybridized carbons (Fsp3) is 0.917. The Morgan fingerprint density at radius 3 is 2.39 bits per heavy atom. The molecule has 31 heavy (non-hydrogen) atoms. The summed E-state index contributed by atoms with van der Waals surface area (Å²) < 4.78 is 14.4. The number of nitrogens with one attached hydrogen (secondary N) is 2. The predicted molar refractivity (Wildman–Crippen MR) is 117 cm³/mol. The summed E-state index contributed by atoms with van der Waals surface area (Å²) in [6.45, 7) is 5.84. The summed E-state index contributed by atoms with van der Waals surface area (Å²) in [6.07, 6.45) is 7.99. The maximum absolute atomic E-state index is 14.4. The van der Waals surface area contributed by atoms with Gasteiger partial charge in [0.2, 0.25) is 11.8 Å². The molecule has 7 heteroatoms. The minimum Gasteiger partial charge on any atom is -0.352 e. The van der Waals surface area contributed by atoms with Crippen molar-refractivity contribution < 1.29 is 14.0 Å². The molecule has 3 saturated heterocycles. The molecule has 0 radical (unpaired) electrons. The van der Waals surface area contributed by atoms with Crippen LogP contribution in [0.3, 0.4) is 0 Å². The van der Waals surface area contributed by atoms with Crippen LogP contribution in [-0.4, -0.2) is 77.1 Å². The molecule has 2 amide bonds. The van der Waals surface area contributed by atoms with Crippen molar-refractivity contribution in [3.05, 3.63) is 0 Å². The number of alkyl halides is 1. The lowest BCUT2D eigenvalue weighted by molar-refractivity contribution is -0.135. The van der Waals surface area contributed by atoms with Crippen LogP contribution in [-0.2, 0) is 9.59 Å². The van der Waals surface area contributed by atoms with Gasteiger partial charge in [-0.3, -0.25) is 14.5 Å². The Balaban J connectivity index is 1.16. The zero-order chi connectivity index (χ0) is 21.7. The number of piperazine rings is 1. The highest BCUT2D eigenvalue weighted by Crippen LogP contribution is 2.39. The van der Waals surface area contributed by atoms with E-state index >= 15 is 0 Å². The predicted octanol–water partition coefficient (Wildman–Crippen LogP) is 2.22. The third-order valence-electron chi connectivity index (χ3n) is 9.04. The topological polar surface area (TPSA) is 64.7 Å². The number of halogens is 1. The van der Waals surface area contributed by atoms with Gasteiger partial charge in [0.25, 0.3) is 0 Å². The maximum Gasteiger partial charge on any atom is 0.237 e. The molecule has 0 spiro atoms. The van der Waals surface area contributed by atoms with E-state index in [-0.39, 0.29) is 35.9 Å². The van der Waals surface area contributed by atoms with E-state index in [2.05, 4.69) is 27.4 Å². The van der Waals surface area contributed by atoms with E-state index in [0.29, 0.717) is 36.9 Å². The van der Waals surface area contributed by atoms with Crippen molar-refractivity contribution in [3.63, 3.8) is 0 Å². The highest BCUT2D eigenvalue weighted by atomic mass is 19.1. The molecular weight excluding hydrogens is 395 g/mol. The summed E-state index contributed by atoms with van der Waals surface area (Å²) in [5.41, 5.74) is 0. The number of nitrogens with zero attached hydrogens (tertiary/aromatic N) is 2. The number of carbonyl (C=O) groups excluding carboxylic acids is 2. The van der Waals surface area contributed by atoms with Gasteiger partial charge in [-0.2, -0.15) is 0 Å². The summed E-state index contributed by atoms with van der Waals surface area (Å²) in [5.74, 6) is 0.723. The lowest BCUT2D eigenvalue weighted by Crippen LogP contribution is -2.59. The second-order valence-electron chi connectivity index (χ2n) is 11.0. The molecule has 7 unspecified atom stereocenters. The highest BCUT2D eigenvalue weighted by molar-refractivity contribution is 5.82. The third kappa shape index (κ3) is 4.12. The number of hydrogen-bond acceptors (Lipinski definition) is 4. The van der Waals surface area contributed by atoms with E-state index in [4.69, 9.17) is 0 Å². The van der Waals surface area contributed by atoms with Crippen LogP contribution in [0.5, 0.6) is 0 Å². The first kappa shape index (κ1) is 21.6. The van der Waals surface area contributed by atoms with Gasteiger partial charge in [0.05, 0.1) is 6.04 Å². The average Bonchev–Trinajstić information content (AvgIpc) is 3.32. The van der Waals surface area contributed by atoms with Crippen molar-refractivity contribution in [1.82, 2.24) is 20.4 Å². The van der Waals surface area contributed by atoms with Crippen molar-refractivity contribution in [1.29, 1.82) is 0 Å². The molecule has 0 aromatic carbocycles. The first-order valence-corrected chi connectivity index (χ1v) is 12.6. The summed E-state index contributed by atoms with van der Waals surface area (Å²) in [6, 6.07) is 1.33. The van der Waals surface area contributed by atoms with Crippen LogP contribution >= 0.6 is 0 Å². The Morgan fingerprint density at radius 1 is 0.968 bits per heavy atom. The number of likely N-dealkylation sites (tertiary alicyclic amines) is 1. The molecule has 0 aromatic heterocycles. The van der Waals surface area contributed by atoms with Gasteiger partial charge in [-0.1, -0.05) is 6.92 Å². The van der Waals surface area contributed by atoms with E-state index < -0.39 is 6.17 Å². The maximum atomic E-state index is 14.4. The Bertz CT molecular complexity index is 673. The van der Waals surface area contributed by atoms with E-state index in [1.54, 1.807) is 6.92 Å². The minimum atomic E-state index is -0.769. The molecule has 9 atom stereocenters. The lowest BCUT2D eigenvalue weighted by atomic mass is 9.77. The smallest absolute Gasteiger partial charge is 0.237 e. The third-order valence-corrected chi connectivity index (χ3v) is 9.04. The van der Waals surface area contributed by atoms with Crippen LogP contribution in [0.2, 0.25) is 0 Å². The van der Waals surface area contributed by atoms with Crippen LogP contribution in [0.4, 0.5) is 4.39 Å². The van der Waals surface area contributed by atoms with Crippen LogP contribution in [0.25, 0.3) is 0 Å². The van der Waals surface area contributed by atoms with Crippen LogP contribution in [0.15, 0.2) is 0 Å². The number of amides is 2. The molecule has 174 valence electrons. The Kier molecular flexibility index (Phi) is 6.01. The van der Waals surface area contributed by atoms with Crippen molar-refractivity contribution in [2.24, 2.45) is 11.8 Å². The minimum absolute atomic E-state index is 0.00773. The van der Waals surface area contributed by atoms with E-state index in [0.717, 1.165) is 51.6 Å². The second-order valence-corrected chi connectivity index (χ2v) is 11.0. The lowest BCUT2D eigenvalue weighted by Gasteiger charge is -2.46. The van der Waals surface area contributed by atoms with Gasteiger partial charge in [-0.15, -0.1) is 0 Å². The Hall–Kier alpha value is -1.21. The Morgan fingerprint density at radius 2 is 1.71 bits per heavy atom.